The van der Waals surface area contributed by atoms with E-state index in [1.165, 1.54) is 12.3 Å². The highest BCUT2D eigenvalue weighted by atomic mass is 35.5. The Kier molecular flexibility index (Phi) is 1.97. The highest BCUT2D eigenvalue weighted by molar-refractivity contribution is 6.17. The first-order valence-electron chi connectivity index (χ1n) is 2.73. The van der Waals surface area contributed by atoms with E-state index in [9.17, 15) is 0 Å². The summed E-state index contributed by atoms with van der Waals surface area (Å²) in [6.07, 6.45) is 1.28. The lowest BCUT2D eigenvalue weighted by atomic mass is 10.3. The smallest absolute Gasteiger partial charge is 0.134 e. The van der Waals surface area contributed by atoms with Gasteiger partial charge in [-0.25, -0.2) is 4.98 Å². The zero-order chi connectivity index (χ0) is 7.56. The predicted octanol–water partition coefficient (Wildman–Crippen LogP) is 1.11. The Balaban J connectivity index is 3.09. The molecule has 0 unspecified atom stereocenters. The molecule has 0 aliphatic rings. The van der Waals surface area contributed by atoms with Gasteiger partial charge in [0.2, 0.25) is 0 Å². The van der Waals surface area contributed by atoms with Crippen LogP contribution in [0, 0.1) is 0 Å². The lowest BCUT2D eigenvalue weighted by Crippen LogP contribution is -1.94. The van der Waals surface area contributed by atoms with Crippen molar-refractivity contribution in [2.75, 3.05) is 5.73 Å². The molecule has 3 nitrogen and oxygen atoms in total. The minimum atomic E-state index is 0.0878. The molecule has 0 bridgehead atoms. The molecular weight excluding hydrogens is 152 g/mol. The Morgan fingerprint density at radius 1 is 1.70 bits per heavy atom. The van der Waals surface area contributed by atoms with E-state index >= 15 is 0 Å². The number of aromatic nitrogens is 1. The Morgan fingerprint density at radius 2 is 2.40 bits per heavy atom. The number of anilines is 1. The first-order valence-corrected chi connectivity index (χ1v) is 3.27. The zero-order valence-electron chi connectivity index (χ0n) is 5.21. The van der Waals surface area contributed by atoms with E-state index in [2.05, 4.69) is 4.98 Å². The number of pyridine rings is 1. The van der Waals surface area contributed by atoms with Gasteiger partial charge in [-0.3, -0.25) is 0 Å². The second-order valence-corrected chi connectivity index (χ2v) is 2.14. The molecule has 1 aromatic heterocycles. The number of aromatic hydroxyl groups is 1. The van der Waals surface area contributed by atoms with Gasteiger partial charge >= 0.3 is 0 Å². The summed E-state index contributed by atoms with van der Waals surface area (Å²) in [4.78, 5) is 3.69. The van der Waals surface area contributed by atoms with Crippen LogP contribution >= 0.6 is 11.6 Å². The van der Waals surface area contributed by atoms with Crippen molar-refractivity contribution in [3.8, 4) is 5.75 Å². The maximum absolute atomic E-state index is 8.89. The molecule has 0 aliphatic heterocycles. The summed E-state index contributed by atoms with van der Waals surface area (Å²) in [7, 11) is 0. The Morgan fingerprint density at radius 3 is 2.90 bits per heavy atom. The van der Waals surface area contributed by atoms with Crippen LogP contribution in [0.3, 0.4) is 0 Å². The van der Waals surface area contributed by atoms with E-state index in [-0.39, 0.29) is 11.6 Å². The van der Waals surface area contributed by atoms with Crippen molar-refractivity contribution < 1.29 is 5.11 Å². The van der Waals surface area contributed by atoms with E-state index in [1.807, 2.05) is 0 Å². The molecular formula is C6H7ClN2O. The third-order valence-electron chi connectivity index (χ3n) is 1.13. The Labute approximate surface area is 63.5 Å². The van der Waals surface area contributed by atoms with Crippen molar-refractivity contribution in [2.24, 2.45) is 0 Å². The molecule has 4 heteroatoms. The normalized spacial score (nSPS) is 9.70. The predicted molar refractivity (Wildman–Crippen MR) is 39.9 cm³/mol. The fraction of sp³-hybridized carbons (Fsp3) is 0.167. The molecule has 0 spiro atoms. The molecule has 1 aromatic rings. The fourth-order valence-electron chi connectivity index (χ4n) is 0.615. The summed E-state index contributed by atoms with van der Waals surface area (Å²) in [6, 6.07) is 1.50. The van der Waals surface area contributed by atoms with Gasteiger partial charge in [-0.1, -0.05) is 0 Å². The Hall–Kier alpha value is -0.960. The van der Waals surface area contributed by atoms with Crippen molar-refractivity contribution in [3.05, 3.63) is 17.8 Å². The van der Waals surface area contributed by atoms with Gasteiger partial charge in [0, 0.05) is 5.56 Å². The first kappa shape index (κ1) is 7.15. The van der Waals surface area contributed by atoms with Gasteiger partial charge in [0.15, 0.2) is 0 Å². The van der Waals surface area contributed by atoms with E-state index in [4.69, 9.17) is 22.4 Å². The van der Waals surface area contributed by atoms with Crippen LogP contribution in [-0.4, -0.2) is 10.1 Å². The van der Waals surface area contributed by atoms with Crippen LogP contribution in [0.15, 0.2) is 12.3 Å². The lowest BCUT2D eigenvalue weighted by Gasteiger charge is -1.99. The lowest BCUT2D eigenvalue weighted by molar-refractivity contribution is 0.472. The number of nitrogen functional groups attached to an aromatic ring is 1. The van der Waals surface area contributed by atoms with Crippen LogP contribution in [-0.2, 0) is 5.88 Å². The van der Waals surface area contributed by atoms with Gasteiger partial charge in [0.25, 0.3) is 0 Å². The van der Waals surface area contributed by atoms with Gasteiger partial charge in [-0.05, 0) is 6.07 Å². The summed E-state index contributed by atoms with van der Waals surface area (Å²) in [5.41, 5.74) is 6.05. The highest BCUT2D eigenvalue weighted by Gasteiger charge is 1.98. The molecule has 0 radical (unpaired) electrons. The van der Waals surface area contributed by atoms with Crippen molar-refractivity contribution in [1.29, 1.82) is 0 Å². The van der Waals surface area contributed by atoms with Crippen molar-refractivity contribution in [1.82, 2.24) is 4.98 Å². The molecule has 0 amide bonds. The number of hydrogen-bond donors (Lipinski definition) is 2. The van der Waals surface area contributed by atoms with Crippen LogP contribution in [0.5, 0.6) is 5.75 Å². The van der Waals surface area contributed by atoms with Gasteiger partial charge in [-0.2, -0.15) is 0 Å². The van der Waals surface area contributed by atoms with Crippen LogP contribution in [0.25, 0.3) is 0 Å². The standard InChI is InChI=1S/C6H7ClN2O/c7-2-4-1-5(10)3-9-6(4)8/h1,3,10H,2H2,(H2,8,9). The van der Waals surface area contributed by atoms with E-state index in [0.717, 1.165) is 0 Å². The molecule has 0 atom stereocenters. The number of rotatable bonds is 1. The molecule has 0 fully saturated rings. The summed E-state index contributed by atoms with van der Waals surface area (Å²) in [5.74, 6) is 0.727. The molecule has 1 rings (SSSR count). The highest BCUT2D eigenvalue weighted by Crippen LogP contribution is 2.16. The molecule has 0 aliphatic carbocycles. The molecule has 1 heterocycles. The molecule has 54 valence electrons. The maximum atomic E-state index is 8.89. The van der Waals surface area contributed by atoms with Crippen LogP contribution in [0.2, 0.25) is 0 Å². The molecule has 0 saturated heterocycles. The third-order valence-corrected chi connectivity index (χ3v) is 1.42. The van der Waals surface area contributed by atoms with E-state index in [1.54, 1.807) is 0 Å². The number of alkyl halides is 1. The topological polar surface area (TPSA) is 59.1 Å². The van der Waals surface area contributed by atoms with Crippen LogP contribution in [0.4, 0.5) is 5.82 Å². The number of halogens is 1. The average molecular weight is 159 g/mol. The maximum Gasteiger partial charge on any atom is 0.134 e. The molecule has 0 aromatic carbocycles. The van der Waals surface area contributed by atoms with Crippen molar-refractivity contribution >= 4 is 17.4 Å². The third kappa shape index (κ3) is 1.30. The minimum Gasteiger partial charge on any atom is -0.506 e. The summed E-state index contributed by atoms with van der Waals surface area (Å²) in [6.45, 7) is 0. The van der Waals surface area contributed by atoms with Gasteiger partial charge in [-0.15, -0.1) is 11.6 Å². The number of nitrogens with zero attached hydrogens (tertiary/aromatic N) is 1. The summed E-state index contributed by atoms with van der Waals surface area (Å²) in [5, 5.41) is 8.89. The SMILES string of the molecule is Nc1ncc(O)cc1CCl. The van der Waals surface area contributed by atoms with Crippen molar-refractivity contribution in [2.45, 2.75) is 5.88 Å². The van der Waals surface area contributed by atoms with E-state index < -0.39 is 0 Å². The minimum absolute atomic E-state index is 0.0878. The monoisotopic (exact) mass is 158 g/mol. The van der Waals surface area contributed by atoms with E-state index in [0.29, 0.717) is 11.4 Å². The first-order chi connectivity index (χ1) is 4.74. The second kappa shape index (κ2) is 2.75. The average Bonchev–Trinajstić information content (AvgIpc) is 1.94. The van der Waals surface area contributed by atoms with Gasteiger partial charge in [0.05, 0.1) is 12.1 Å². The summed E-state index contributed by atoms with van der Waals surface area (Å²) < 4.78 is 0. The van der Waals surface area contributed by atoms with Crippen LogP contribution in [0.1, 0.15) is 5.56 Å². The van der Waals surface area contributed by atoms with Gasteiger partial charge in [0.1, 0.15) is 11.6 Å². The molecule has 10 heavy (non-hydrogen) atoms. The Bertz CT molecular complexity index is 239. The quantitative estimate of drug-likeness (QED) is 0.602. The van der Waals surface area contributed by atoms with Gasteiger partial charge < -0.3 is 10.8 Å². The molecule has 0 saturated carbocycles. The van der Waals surface area contributed by atoms with Crippen molar-refractivity contribution in [3.63, 3.8) is 0 Å². The number of hydrogen-bond acceptors (Lipinski definition) is 3. The number of nitrogens with two attached hydrogens (primary N) is 1. The second-order valence-electron chi connectivity index (χ2n) is 1.87. The molecule has 3 N–H and O–H groups in total. The zero-order valence-corrected chi connectivity index (χ0v) is 5.97. The van der Waals surface area contributed by atoms with Crippen LogP contribution < -0.4 is 5.73 Å². The largest absolute Gasteiger partial charge is 0.506 e. The fourth-order valence-corrected chi connectivity index (χ4v) is 0.829. The summed E-state index contributed by atoms with van der Waals surface area (Å²) >= 11 is 5.47.